The second-order valence-electron chi connectivity index (χ2n) is 6.14. The molecule has 4 nitrogen and oxygen atoms in total. The normalized spacial score (nSPS) is 18.1. The molecule has 124 valence electrons. The Morgan fingerprint density at radius 1 is 1.29 bits per heavy atom. The van der Waals surface area contributed by atoms with E-state index in [0.717, 1.165) is 24.5 Å². The summed E-state index contributed by atoms with van der Waals surface area (Å²) in [5.74, 6) is 0.942. The van der Waals surface area contributed by atoms with Crippen molar-refractivity contribution in [2.24, 2.45) is 0 Å². The number of methoxy groups -OCH3 is 1. The van der Waals surface area contributed by atoms with Gasteiger partial charge in [0.1, 0.15) is 5.75 Å². The molecule has 0 radical (unpaired) electrons. The smallest absolute Gasteiger partial charge is 0.119 e. The van der Waals surface area contributed by atoms with E-state index in [4.69, 9.17) is 4.74 Å². The van der Waals surface area contributed by atoms with Gasteiger partial charge < -0.3 is 4.74 Å². The number of benzene rings is 1. The fraction of sp³-hybridized carbons (Fsp3) is 0.316. The third-order valence-electron chi connectivity index (χ3n) is 4.63. The van der Waals surface area contributed by atoms with Gasteiger partial charge in [0.15, 0.2) is 0 Å². The molecule has 1 aliphatic rings. The quantitative estimate of drug-likeness (QED) is 0.745. The zero-order chi connectivity index (χ0) is 16.4. The molecule has 0 bridgehead atoms. The van der Waals surface area contributed by atoms with Crippen molar-refractivity contribution in [2.75, 3.05) is 13.7 Å². The lowest BCUT2D eigenvalue weighted by Gasteiger charge is -2.24. The van der Waals surface area contributed by atoms with E-state index in [0.29, 0.717) is 6.04 Å². The Balaban J connectivity index is 1.51. The van der Waals surface area contributed by atoms with Crippen LogP contribution in [0.4, 0.5) is 0 Å². The van der Waals surface area contributed by atoms with E-state index in [1.165, 1.54) is 28.2 Å². The van der Waals surface area contributed by atoms with Crippen LogP contribution in [0, 0.1) is 0 Å². The molecule has 0 amide bonds. The summed E-state index contributed by atoms with van der Waals surface area (Å²) in [6.45, 7) is 2.15. The molecule has 3 heterocycles. The Morgan fingerprint density at radius 2 is 2.25 bits per heavy atom. The highest BCUT2D eigenvalue weighted by Gasteiger charge is 2.26. The Bertz CT molecular complexity index is 797. The lowest BCUT2D eigenvalue weighted by Crippen LogP contribution is -2.22. The summed E-state index contributed by atoms with van der Waals surface area (Å²) in [4.78, 5) is 5.23. The number of ether oxygens (including phenoxy) is 1. The van der Waals surface area contributed by atoms with Crippen molar-refractivity contribution < 1.29 is 4.74 Å². The van der Waals surface area contributed by atoms with E-state index in [-0.39, 0.29) is 0 Å². The number of nitrogens with zero attached hydrogens (tertiary/aromatic N) is 2. The van der Waals surface area contributed by atoms with Crippen molar-refractivity contribution in [3.63, 3.8) is 0 Å². The molecule has 1 aromatic carbocycles. The first-order valence-corrected chi connectivity index (χ1v) is 9.11. The molecule has 0 saturated carbocycles. The van der Waals surface area contributed by atoms with Crippen molar-refractivity contribution in [2.45, 2.75) is 25.4 Å². The van der Waals surface area contributed by atoms with E-state index in [1.54, 1.807) is 13.3 Å². The summed E-state index contributed by atoms with van der Waals surface area (Å²) in [6, 6.07) is 15.4. The lowest BCUT2D eigenvalue weighted by atomic mass is 10.0. The second kappa shape index (κ2) is 6.79. The van der Waals surface area contributed by atoms with Crippen molar-refractivity contribution in [1.29, 1.82) is 0 Å². The van der Waals surface area contributed by atoms with Crippen LogP contribution in [0.2, 0.25) is 0 Å². The Kier molecular flexibility index (Phi) is 4.36. The first kappa shape index (κ1) is 15.4. The van der Waals surface area contributed by atoms with Crippen LogP contribution in [-0.4, -0.2) is 28.8 Å². The molecule has 1 fully saturated rings. The van der Waals surface area contributed by atoms with Gasteiger partial charge in [0.05, 0.1) is 17.7 Å². The topological polar surface area (TPSA) is 41.1 Å². The molecule has 2 aromatic heterocycles. The van der Waals surface area contributed by atoms with Crippen molar-refractivity contribution in [1.82, 2.24) is 15.1 Å². The molecule has 1 N–H and O–H groups in total. The van der Waals surface area contributed by atoms with Gasteiger partial charge in [-0.05, 0) is 55.3 Å². The van der Waals surface area contributed by atoms with Crippen molar-refractivity contribution in [3.8, 4) is 16.3 Å². The summed E-state index contributed by atoms with van der Waals surface area (Å²) < 4.78 is 5.39. The number of nitrogens with one attached hydrogen (secondary N) is 1. The van der Waals surface area contributed by atoms with E-state index in [1.807, 2.05) is 23.5 Å². The van der Waals surface area contributed by atoms with E-state index in [2.05, 4.69) is 45.4 Å². The van der Waals surface area contributed by atoms with E-state index < -0.39 is 0 Å². The van der Waals surface area contributed by atoms with Crippen LogP contribution in [-0.2, 0) is 6.54 Å². The van der Waals surface area contributed by atoms with Gasteiger partial charge in [-0.25, -0.2) is 0 Å². The zero-order valence-electron chi connectivity index (χ0n) is 13.7. The molecule has 24 heavy (non-hydrogen) atoms. The summed E-state index contributed by atoms with van der Waals surface area (Å²) in [7, 11) is 1.73. The second-order valence-corrected chi connectivity index (χ2v) is 7.31. The van der Waals surface area contributed by atoms with Crippen molar-refractivity contribution >= 4 is 11.3 Å². The highest BCUT2D eigenvalue weighted by molar-refractivity contribution is 7.15. The van der Waals surface area contributed by atoms with Crippen LogP contribution in [0.3, 0.4) is 0 Å². The highest BCUT2D eigenvalue weighted by atomic mass is 32.1. The van der Waals surface area contributed by atoms with Crippen LogP contribution in [0.1, 0.15) is 29.3 Å². The molecule has 0 aliphatic carbocycles. The third kappa shape index (κ3) is 3.09. The maximum Gasteiger partial charge on any atom is 0.119 e. The first-order chi connectivity index (χ1) is 11.8. The van der Waals surface area contributed by atoms with Gasteiger partial charge in [-0.2, -0.15) is 5.10 Å². The number of H-pyrrole nitrogens is 1. The molecular weight excluding hydrogens is 318 g/mol. The van der Waals surface area contributed by atoms with Gasteiger partial charge in [0, 0.05) is 23.7 Å². The van der Waals surface area contributed by atoms with Gasteiger partial charge >= 0.3 is 0 Å². The Hall–Kier alpha value is -2.11. The monoisotopic (exact) mass is 339 g/mol. The zero-order valence-corrected chi connectivity index (χ0v) is 14.6. The predicted octanol–water partition coefficient (Wildman–Crippen LogP) is 4.48. The molecule has 0 unspecified atom stereocenters. The van der Waals surface area contributed by atoms with E-state index in [9.17, 15) is 0 Å². The fourth-order valence-electron chi connectivity index (χ4n) is 3.44. The number of aromatic nitrogens is 2. The maximum absolute atomic E-state index is 5.39. The minimum absolute atomic E-state index is 0.484. The third-order valence-corrected chi connectivity index (χ3v) is 5.73. The number of thiophene rings is 1. The minimum atomic E-state index is 0.484. The molecule has 0 spiro atoms. The average molecular weight is 339 g/mol. The summed E-state index contributed by atoms with van der Waals surface area (Å²) >= 11 is 1.84. The van der Waals surface area contributed by atoms with Crippen LogP contribution in [0.25, 0.3) is 10.6 Å². The molecule has 3 aromatic rings. The molecule has 1 aliphatic heterocycles. The minimum Gasteiger partial charge on any atom is -0.497 e. The van der Waals surface area contributed by atoms with Gasteiger partial charge in [0.25, 0.3) is 0 Å². The SMILES string of the molecule is COc1cccc([C@H]2CCCN2Cc2ccc(-c3ccn[nH]3)s2)c1. The Morgan fingerprint density at radius 3 is 3.08 bits per heavy atom. The number of likely N-dealkylation sites (tertiary alicyclic amines) is 1. The van der Waals surface area contributed by atoms with Gasteiger partial charge in [-0.15, -0.1) is 11.3 Å². The van der Waals surface area contributed by atoms with Gasteiger partial charge in [0.2, 0.25) is 0 Å². The molecule has 1 atom stereocenters. The number of aromatic amines is 1. The molecule has 4 rings (SSSR count). The Labute approximate surface area is 146 Å². The lowest BCUT2D eigenvalue weighted by molar-refractivity contribution is 0.250. The van der Waals surface area contributed by atoms with Crippen LogP contribution >= 0.6 is 11.3 Å². The fourth-order valence-corrected chi connectivity index (χ4v) is 4.45. The standard InChI is InChI=1S/C19H21N3OS/c1-23-15-5-2-4-14(12-15)18-6-3-11-22(18)13-16-7-8-19(24-16)17-9-10-20-21-17/h2,4-5,7-10,12,18H,3,6,11,13H2,1H3,(H,20,21)/t18-/m1/s1. The van der Waals surface area contributed by atoms with Crippen molar-refractivity contribution in [3.05, 3.63) is 59.1 Å². The first-order valence-electron chi connectivity index (χ1n) is 8.30. The largest absolute Gasteiger partial charge is 0.497 e. The van der Waals surface area contributed by atoms with Gasteiger partial charge in [-0.1, -0.05) is 12.1 Å². The highest BCUT2D eigenvalue weighted by Crippen LogP contribution is 2.36. The predicted molar refractivity (Wildman–Crippen MR) is 97.3 cm³/mol. The molecule has 1 saturated heterocycles. The molecular formula is C19H21N3OS. The summed E-state index contributed by atoms with van der Waals surface area (Å²) in [6.07, 6.45) is 4.26. The number of hydrogen-bond donors (Lipinski definition) is 1. The molecule has 5 heteroatoms. The number of rotatable bonds is 5. The summed E-state index contributed by atoms with van der Waals surface area (Å²) in [5, 5.41) is 7.08. The van der Waals surface area contributed by atoms with Gasteiger partial charge in [-0.3, -0.25) is 10.00 Å². The summed E-state index contributed by atoms with van der Waals surface area (Å²) in [5.41, 5.74) is 2.45. The maximum atomic E-state index is 5.39. The van der Waals surface area contributed by atoms with Crippen LogP contribution in [0.15, 0.2) is 48.7 Å². The van der Waals surface area contributed by atoms with Crippen LogP contribution in [0.5, 0.6) is 5.75 Å². The average Bonchev–Trinajstić information content (AvgIpc) is 3.36. The van der Waals surface area contributed by atoms with Crippen LogP contribution < -0.4 is 4.74 Å². The number of hydrogen-bond acceptors (Lipinski definition) is 4. The van der Waals surface area contributed by atoms with E-state index >= 15 is 0 Å².